The highest BCUT2D eigenvalue weighted by molar-refractivity contribution is 7.99. The minimum atomic E-state index is 0.107. The van der Waals surface area contributed by atoms with E-state index in [1.807, 2.05) is 44.2 Å². The summed E-state index contributed by atoms with van der Waals surface area (Å²) in [6, 6.07) is 22.7. The molecule has 0 radical (unpaired) electrons. The third kappa shape index (κ3) is 5.18. The van der Waals surface area contributed by atoms with Crippen LogP contribution in [0.5, 0.6) is 0 Å². The molecule has 0 saturated heterocycles. The maximum Gasteiger partial charge on any atom is 0.309 e. The average molecular weight is 568 g/mol. The van der Waals surface area contributed by atoms with Crippen molar-refractivity contribution >= 4 is 69.0 Å². The van der Waals surface area contributed by atoms with Gasteiger partial charge in [0.25, 0.3) is 0 Å². The standard InChI is InChI=1S/C30H26N6S3/c1-17-13-14-22-25(15-17)31-19(3)32-29(22)38-16-18(2)27-34-24-11-7-5-9-21(24)30(35-27)39-36-20(4)33-28(37)23-10-6-8-12-26(23)36/h5-15,18H,16H2,1-4H3/p+1. The lowest BCUT2D eigenvalue weighted by Crippen LogP contribution is -2.32. The molecule has 0 aliphatic carbocycles. The van der Waals surface area contributed by atoms with Crippen LogP contribution >= 0.6 is 36.3 Å². The van der Waals surface area contributed by atoms with Crippen molar-refractivity contribution < 1.29 is 3.97 Å². The van der Waals surface area contributed by atoms with Crippen LogP contribution in [0.25, 0.3) is 32.7 Å². The molecule has 0 amide bonds. The van der Waals surface area contributed by atoms with E-state index in [9.17, 15) is 0 Å². The molecule has 3 heterocycles. The van der Waals surface area contributed by atoms with E-state index in [1.54, 1.807) is 23.7 Å². The number of thioether (sulfide) groups is 1. The molecule has 6 aromatic rings. The van der Waals surface area contributed by atoms with Gasteiger partial charge in [-0.05, 0) is 60.8 Å². The van der Waals surface area contributed by atoms with Crippen LogP contribution in [-0.2, 0) is 0 Å². The van der Waals surface area contributed by atoms with Crippen molar-refractivity contribution in [2.75, 3.05) is 5.75 Å². The van der Waals surface area contributed by atoms with Crippen molar-refractivity contribution in [1.82, 2.24) is 24.9 Å². The molecule has 0 N–H and O–H groups in total. The molecular formula is C30H27N6S3+. The number of thiol groups is 1. The first-order chi connectivity index (χ1) is 18.9. The molecule has 1 unspecified atom stereocenters. The van der Waals surface area contributed by atoms with Crippen molar-refractivity contribution in [2.45, 2.75) is 48.7 Å². The number of para-hydroxylation sites is 2. The number of hydrogen-bond acceptors (Lipinski definition) is 8. The van der Waals surface area contributed by atoms with Gasteiger partial charge in [0.2, 0.25) is 5.03 Å². The maximum atomic E-state index is 5.11. The van der Waals surface area contributed by atoms with Gasteiger partial charge >= 0.3 is 5.82 Å². The maximum absolute atomic E-state index is 5.11. The summed E-state index contributed by atoms with van der Waals surface area (Å²) in [5.74, 6) is 3.36. The number of aryl methyl sites for hydroxylation is 3. The largest absolute Gasteiger partial charge is 0.309 e. The van der Waals surface area contributed by atoms with E-state index in [2.05, 4.69) is 76.8 Å². The fraction of sp³-hybridized carbons (Fsp3) is 0.200. The summed E-state index contributed by atoms with van der Waals surface area (Å²) in [5.41, 5.74) is 4.16. The van der Waals surface area contributed by atoms with E-state index in [1.165, 1.54) is 5.56 Å². The molecule has 6 nitrogen and oxygen atoms in total. The molecule has 0 aliphatic rings. The van der Waals surface area contributed by atoms with Crippen LogP contribution < -0.4 is 3.97 Å². The van der Waals surface area contributed by atoms with E-state index < -0.39 is 0 Å². The van der Waals surface area contributed by atoms with Gasteiger partial charge in [0.15, 0.2) is 10.5 Å². The molecule has 0 aliphatic heterocycles. The van der Waals surface area contributed by atoms with Gasteiger partial charge < -0.3 is 0 Å². The van der Waals surface area contributed by atoms with E-state index in [0.29, 0.717) is 0 Å². The number of fused-ring (bicyclic) bond motifs is 3. The number of nitrogens with zero attached hydrogens (tertiary/aromatic N) is 6. The van der Waals surface area contributed by atoms with Gasteiger partial charge in [-0.1, -0.05) is 49.9 Å². The minimum absolute atomic E-state index is 0.107. The van der Waals surface area contributed by atoms with Crippen LogP contribution in [0.4, 0.5) is 0 Å². The Kier molecular flexibility index (Phi) is 7.14. The fourth-order valence-corrected chi connectivity index (χ4v) is 6.96. The number of rotatable bonds is 6. The lowest BCUT2D eigenvalue weighted by molar-refractivity contribution is -0.477. The highest BCUT2D eigenvalue weighted by Gasteiger charge is 2.22. The molecule has 1 atom stereocenters. The van der Waals surface area contributed by atoms with Gasteiger partial charge in [-0.25, -0.2) is 19.9 Å². The van der Waals surface area contributed by atoms with Gasteiger partial charge in [-0.2, -0.15) is 3.97 Å². The third-order valence-corrected chi connectivity index (χ3v) is 9.25. The second kappa shape index (κ2) is 10.7. The molecule has 0 bridgehead atoms. The molecule has 0 saturated carbocycles. The van der Waals surface area contributed by atoms with Gasteiger partial charge in [-0.15, -0.1) is 11.8 Å². The van der Waals surface area contributed by atoms with Gasteiger partial charge in [0.1, 0.15) is 28.6 Å². The molecule has 3 aromatic carbocycles. The number of aromatic nitrogens is 6. The predicted octanol–water partition coefficient (Wildman–Crippen LogP) is 7.07. The van der Waals surface area contributed by atoms with Crippen LogP contribution in [0.15, 0.2) is 81.8 Å². The summed E-state index contributed by atoms with van der Waals surface area (Å²) in [6.45, 7) is 8.21. The Hall–Kier alpha value is -3.27. The second-order valence-electron chi connectivity index (χ2n) is 9.60. The number of benzene rings is 3. The Morgan fingerprint density at radius 1 is 0.769 bits per heavy atom. The fourth-order valence-electron chi connectivity index (χ4n) is 4.54. The summed E-state index contributed by atoms with van der Waals surface area (Å²) < 4.78 is 2.13. The van der Waals surface area contributed by atoms with Gasteiger partial charge in [-0.3, -0.25) is 0 Å². The van der Waals surface area contributed by atoms with Gasteiger partial charge in [0.05, 0.1) is 16.4 Å². The lowest BCUT2D eigenvalue weighted by atomic mass is 10.2. The first-order valence-corrected chi connectivity index (χ1v) is 14.9. The summed E-state index contributed by atoms with van der Waals surface area (Å²) in [6.07, 6.45) is 0. The van der Waals surface area contributed by atoms with E-state index in [4.69, 9.17) is 15.0 Å². The third-order valence-electron chi connectivity index (χ3n) is 6.53. The Labute approximate surface area is 241 Å². The molecule has 0 fully saturated rings. The lowest BCUT2D eigenvalue weighted by Gasteiger charge is -2.14. The zero-order chi connectivity index (χ0) is 27.1. The monoisotopic (exact) mass is 567 g/mol. The van der Waals surface area contributed by atoms with Crippen LogP contribution in [0.3, 0.4) is 0 Å². The zero-order valence-electron chi connectivity index (χ0n) is 22.1. The average Bonchev–Trinajstić information content (AvgIpc) is 2.93. The highest BCUT2D eigenvalue weighted by Crippen LogP contribution is 2.32. The minimum Gasteiger partial charge on any atom is -0.233 e. The van der Waals surface area contributed by atoms with Crippen LogP contribution in [0.2, 0.25) is 0 Å². The molecule has 194 valence electrons. The van der Waals surface area contributed by atoms with Crippen molar-refractivity contribution in [3.8, 4) is 0 Å². The topological polar surface area (TPSA) is 68.3 Å². The summed E-state index contributed by atoms with van der Waals surface area (Å²) in [7, 11) is 0. The zero-order valence-corrected chi connectivity index (χ0v) is 24.6. The van der Waals surface area contributed by atoms with Crippen molar-refractivity contribution in [1.29, 1.82) is 0 Å². The quantitative estimate of drug-likeness (QED) is 0.0999. The molecule has 9 heteroatoms. The summed E-state index contributed by atoms with van der Waals surface area (Å²) in [5, 5.41) is 5.72. The first kappa shape index (κ1) is 26.0. The summed E-state index contributed by atoms with van der Waals surface area (Å²) >= 11 is 7.92. The van der Waals surface area contributed by atoms with Crippen LogP contribution in [0.1, 0.15) is 35.9 Å². The van der Waals surface area contributed by atoms with Crippen molar-refractivity contribution in [3.63, 3.8) is 0 Å². The molecule has 6 rings (SSSR count). The number of hydrogen-bond donors (Lipinski definition) is 1. The Morgan fingerprint density at radius 3 is 2.36 bits per heavy atom. The SMILES string of the molecule is Cc1ccc2c(SCC(C)c3nc(S[n+]4c(C)nc(S)c5ccccc54)c4ccccc4n3)nc(C)nc2c1. The highest BCUT2D eigenvalue weighted by atomic mass is 32.2. The van der Waals surface area contributed by atoms with E-state index in [-0.39, 0.29) is 5.92 Å². The molecule has 39 heavy (non-hydrogen) atoms. The molecular weight excluding hydrogens is 541 g/mol. The van der Waals surface area contributed by atoms with Crippen molar-refractivity contribution in [3.05, 3.63) is 89.8 Å². The van der Waals surface area contributed by atoms with E-state index in [0.717, 1.165) is 71.0 Å². The normalized spacial score (nSPS) is 12.4. The molecule has 0 spiro atoms. The first-order valence-electron chi connectivity index (χ1n) is 12.7. The summed E-state index contributed by atoms with van der Waals surface area (Å²) in [4.78, 5) is 24.2. The molecule has 3 aromatic heterocycles. The van der Waals surface area contributed by atoms with Crippen LogP contribution in [0, 0.1) is 20.8 Å². The predicted molar refractivity (Wildman–Crippen MR) is 163 cm³/mol. The Bertz CT molecular complexity index is 1870. The second-order valence-corrected chi connectivity index (χ2v) is 12.0. The van der Waals surface area contributed by atoms with Gasteiger partial charge in [0, 0.05) is 29.4 Å². The Morgan fingerprint density at radius 2 is 1.51 bits per heavy atom. The van der Waals surface area contributed by atoms with Crippen molar-refractivity contribution in [2.24, 2.45) is 0 Å². The Balaban J connectivity index is 1.36. The smallest absolute Gasteiger partial charge is 0.233 e. The van der Waals surface area contributed by atoms with Crippen LogP contribution in [-0.4, -0.2) is 30.7 Å². The van der Waals surface area contributed by atoms with E-state index >= 15 is 0 Å².